The zero-order valence-electron chi connectivity index (χ0n) is 11.3. The molecular formula is C16H14Cl2O3. The lowest BCUT2D eigenvalue weighted by Gasteiger charge is -2.16. The molecule has 0 amide bonds. The summed E-state index contributed by atoms with van der Waals surface area (Å²) in [4.78, 5) is 11.4. The van der Waals surface area contributed by atoms with Crippen LogP contribution in [-0.2, 0) is 11.2 Å². The Bertz CT molecular complexity index is 656. The molecule has 110 valence electrons. The first-order valence-corrected chi connectivity index (χ1v) is 7.12. The summed E-state index contributed by atoms with van der Waals surface area (Å²) >= 11 is 12.0. The number of aryl methyl sites for hydroxylation is 1. The minimum atomic E-state index is -1.05. The van der Waals surface area contributed by atoms with Crippen LogP contribution in [0.4, 0.5) is 0 Å². The number of carboxylic acid groups (broad SMARTS) is 1. The fraction of sp³-hybridized carbons (Fsp3) is 0.188. The minimum absolute atomic E-state index is 0.142. The van der Waals surface area contributed by atoms with E-state index in [9.17, 15) is 9.90 Å². The van der Waals surface area contributed by atoms with Crippen LogP contribution in [0.25, 0.3) is 0 Å². The molecule has 0 aromatic heterocycles. The average Bonchev–Trinajstić information content (AvgIpc) is 2.43. The van der Waals surface area contributed by atoms with E-state index >= 15 is 0 Å². The molecule has 3 nitrogen and oxygen atoms in total. The molecule has 2 rings (SSSR count). The van der Waals surface area contributed by atoms with Gasteiger partial charge in [-0.3, -0.25) is 0 Å². The highest BCUT2D eigenvalue weighted by Crippen LogP contribution is 2.27. The third-order valence-electron chi connectivity index (χ3n) is 2.98. The number of carbonyl (C=O) groups is 1. The highest BCUT2D eigenvalue weighted by molar-refractivity contribution is 6.42. The largest absolute Gasteiger partial charge is 0.478 e. The molecule has 5 heteroatoms. The van der Waals surface area contributed by atoms with E-state index in [4.69, 9.17) is 27.9 Å². The number of hydrogen-bond donors (Lipinski definition) is 1. The quantitative estimate of drug-likeness (QED) is 0.887. The standard InChI is InChI=1S/C16H14Cl2O3/c1-10-4-2-6-12(8-10)21-14(16(19)20)9-11-5-3-7-13(17)15(11)18/h2-8,14H,9H2,1H3,(H,19,20)/t14-/m0/s1. The van der Waals surface area contributed by atoms with Crippen molar-refractivity contribution in [1.82, 2.24) is 0 Å². The van der Waals surface area contributed by atoms with Crippen molar-refractivity contribution in [2.75, 3.05) is 0 Å². The second kappa shape index (κ2) is 6.83. The van der Waals surface area contributed by atoms with Crippen molar-refractivity contribution in [3.05, 3.63) is 63.6 Å². The van der Waals surface area contributed by atoms with Crippen LogP contribution in [0.2, 0.25) is 10.0 Å². The second-order valence-electron chi connectivity index (χ2n) is 4.68. The lowest BCUT2D eigenvalue weighted by atomic mass is 10.1. The summed E-state index contributed by atoms with van der Waals surface area (Å²) in [5.41, 5.74) is 1.64. The van der Waals surface area contributed by atoms with Crippen molar-refractivity contribution in [1.29, 1.82) is 0 Å². The summed E-state index contributed by atoms with van der Waals surface area (Å²) in [6.45, 7) is 1.91. The molecule has 0 aliphatic heterocycles. The summed E-state index contributed by atoms with van der Waals surface area (Å²) in [6.07, 6.45) is -0.884. The van der Waals surface area contributed by atoms with Crippen LogP contribution in [0.1, 0.15) is 11.1 Å². The lowest BCUT2D eigenvalue weighted by molar-refractivity contribution is -0.145. The van der Waals surface area contributed by atoms with Crippen LogP contribution in [0, 0.1) is 6.92 Å². The monoisotopic (exact) mass is 324 g/mol. The summed E-state index contributed by atoms with van der Waals surface area (Å²) < 4.78 is 5.55. The number of ether oxygens (including phenoxy) is 1. The van der Waals surface area contributed by atoms with E-state index in [0.29, 0.717) is 21.4 Å². The van der Waals surface area contributed by atoms with E-state index in [1.54, 1.807) is 30.3 Å². The molecule has 21 heavy (non-hydrogen) atoms. The molecule has 1 atom stereocenters. The third kappa shape index (κ3) is 4.13. The Balaban J connectivity index is 2.20. The molecule has 0 bridgehead atoms. The summed E-state index contributed by atoms with van der Waals surface area (Å²) in [6, 6.07) is 12.4. The smallest absolute Gasteiger partial charge is 0.345 e. The second-order valence-corrected chi connectivity index (χ2v) is 5.46. The molecule has 0 aliphatic carbocycles. The van der Waals surface area contributed by atoms with Crippen LogP contribution >= 0.6 is 23.2 Å². The first-order valence-electron chi connectivity index (χ1n) is 6.36. The van der Waals surface area contributed by atoms with Crippen LogP contribution in [-0.4, -0.2) is 17.2 Å². The molecular weight excluding hydrogens is 311 g/mol. The Morgan fingerprint density at radius 3 is 2.62 bits per heavy atom. The summed E-state index contributed by atoms with van der Waals surface area (Å²) in [5.74, 6) is -0.534. The molecule has 0 saturated carbocycles. The molecule has 1 N–H and O–H groups in total. The number of hydrogen-bond acceptors (Lipinski definition) is 2. The molecule has 0 aliphatic rings. The molecule has 0 heterocycles. The normalized spacial score (nSPS) is 12.0. The Labute approximate surface area is 133 Å². The van der Waals surface area contributed by atoms with Crippen molar-refractivity contribution in [3.8, 4) is 5.75 Å². The molecule has 2 aromatic carbocycles. The van der Waals surface area contributed by atoms with Crippen LogP contribution in [0.5, 0.6) is 5.75 Å². The number of aliphatic carboxylic acids is 1. The molecule has 0 fully saturated rings. The Hall–Kier alpha value is -1.71. The van der Waals surface area contributed by atoms with Crippen molar-refractivity contribution in [2.45, 2.75) is 19.4 Å². The summed E-state index contributed by atoms with van der Waals surface area (Å²) in [7, 11) is 0. The van der Waals surface area contributed by atoms with Gasteiger partial charge in [-0.2, -0.15) is 0 Å². The molecule has 0 spiro atoms. The van der Waals surface area contributed by atoms with Crippen LogP contribution in [0.15, 0.2) is 42.5 Å². The van der Waals surface area contributed by atoms with Crippen LogP contribution < -0.4 is 4.74 Å². The Morgan fingerprint density at radius 1 is 1.24 bits per heavy atom. The van der Waals surface area contributed by atoms with Gasteiger partial charge in [0.1, 0.15) is 5.75 Å². The van der Waals surface area contributed by atoms with Gasteiger partial charge in [0.25, 0.3) is 0 Å². The van der Waals surface area contributed by atoms with Crippen molar-refractivity contribution in [2.24, 2.45) is 0 Å². The van der Waals surface area contributed by atoms with Gasteiger partial charge in [-0.15, -0.1) is 0 Å². The van der Waals surface area contributed by atoms with Crippen LogP contribution in [0.3, 0.4) is 0 Å². The fourth-order valence-electron chi connectivity index (χ4n) is 1.94. The Kier molecular flexibility index (Phi) is 5.10. The third-order valence-corrected chi connectivity index (χ3v) is 3.84. The highest BCUT2D eigenvalue weighted by Gasteiger charge is 2.22. The van der Waals surface area contributed by atoms with Gasteiger partial charge in [-0.05, 0) is 36.2 Å². The van der Waals surface area contributed by atoms with E-state index in [1.807, 2.05) is 19.1 Å². The first kappa shape index (κ1) is 15.7. The Morgan fingerprint density at radius 2 is 1.95 bits per heavy atom. The van der Waals surface area contributed by atoms with Gasteiger partial charge in [0.05, 0.1) is 10.0 Å². The fourth-order valence-corrected chi connectivity index (χ4v) is 2.34. The van der Waals surface area contributed by atoms with Gasteiger partial charge >= 0.3 is 5.97 Å². The maximum atomic E-state index is 11.4. The van der Waals surface area contributed by atoms with Crippen molar-refractivity contribution in [3.63, 3.8) is 0 Å². The predicted molar refractivity (Wildman–Crippen MR) is 83.4 cm³/mol. The predicted octanol–water partition coefficient (Wildman–Crippen LogP) is 4.38. The minimum Gasteiger partial charge on any atom is -0.478 e. The van der Waals surface area contributed by atoms with Crippen molar-refractivity contribution >= 4 is 29.2 Å². The van der Waals surface area contributed by atoms with Gasteiger partial charge in [0.15, 0.2) is 6.10 Å². The van der Waals surface area contributed by atoms with Gasteiger partial charge in [-0.25, -0.2) is 4.79 Å². The SMILES string of the molecule is Cc1cccc(O[C@@H](Cc2cccc(Cl)c2Cl)C(=O)O)c1. The maximum Gasteiger partial charge on any atom is 0.345 e. The zero-order valence-corrected chi connectivity index (χ0v) is 12.9. The molecule has 0 saturated heterocycles. The van der Waals surface area contributed by atoms with Gasteiger partial charge in [0, 0.05) is 6.42 Å². The molecule has 0 radical (unpaired) electrons. The highest BCUT2D eigenvalue weighted by atomic mass is 35.5. The van der Waals surface area contributed by atoms with E-state index in [2.05, 4.69) is 0 Å². The molecule has 2 aromatic rings. The topological polar surface area (TPSA) is 46.5 Å². The van der Waals surface area contributed by atoms with Crippen molar-refractivity contribution < 1.29 is 14.6 Å². The maximum absolute atomic E-state index is 11.4. The zero-order chi connectivity index (χ0) is 15.4. The van der Waals surface area contributed by atoms with E-state index in [1.165, 1.54) is 0 Å². The number of halogens is 2. The first-order chi connectivity index (χ1) is 9.97. The number of benzene rings is 2. The van der Waals surface area contributed by atoms with Gasteiger partial charge < -0.3 is 9.84 Å². The van der Waals surface area contributed by atoms with E-state index < -0.39 is 12.1 Å². The molecule has 0 unspecified atom stereocenters. The van der Waals surface area contributed by atoms with E-state index in [0.717, 1.165) is 5.56 Å². The summed E-state index contributed by atoms with van der Waals surface area (Å²) in [5, 5.41) is 10.1. The average molecular weight is 325 g/mol. The lowest BCUT2D eigenvalue weighted by Crippen LogP contribution is -2.29. The number of rotatable bonds is 5. The number of carboxylic acids is 1. The van der Waals surface area contributed by atoms with Gasteiger partial charge in [-0.1, -0.05) is 47.5 Å². The van der Waals surface area contributed by atoms with E-state index in [-0.39, 0.29) is 6.42 Å². The van der Waals surface area contributed by atoms with Gasteiger partial charge in [0.2, 0.25) is 0 Å².